The third-order valence-corrected chi connectivity index (χ3v) is 8.88. The lowest BCUT2D eigenvalue weighted by Crippen LogP contribution is -2.53. The van der Waals surface area contributed by atoms with E-state index in [1.165, 1.54) is 6.07 Å². The van der Waals surface area contributed by atoms with Crippen molar-refractivity contribution in [2.75, 3.05) is 26.2 Å². The minimum atomic E-state index is -0.952. The molecule has 2 unspecified atom stereocenters. The van der Waals surface area contributed by atoms with Crippen LogP contribution in [0.2, 0.25) is 5.02 Å². The summed E-state index contributed by atoms with van der Waals surface area (Å²) >= 11 is 6.27. The smallest absolute Gasteiger partial charge is 0.231 e. The van der Waals surface area contributed by atoms with Gasteiger partial charge in [0, 0.05) is 38.1 Å². The fourth-order valence-corrected chi connectivity index (χ4v) is 6.50. The van der Waals surface area contributed by atoms with Crippen LogP contribution in [-0.2, 0) is 27.0 Å². The molecule has 3 aromatic carbocycles. The molecule has 1 saturated carbocycles. The molecule has 1 heterocycles. The molecule has 0 spiro atoms. The molecule has 0 radical (unpaired) electrons. The molecule has 2 atom stereocenters. The van der Waals surface area contributed by atoms with Crippen LogP contribution in [0.15, 0.2) is 72.8 Å². The molecule has 210 valence electrons. The van der Waals surface area contributed by atoms with Crippen molar-refractivity contribution in [3.05, 3.63) is 106 Å². The van der Waals surface area contributed by atoms with Gasteiger partial charge in [0.05, 0.1) is 11.0 Å². The zero-order valence-corrected chi connectivity index (χ0v) is 23.3. The maximum absolute atomic E-state index is 14.3. The number of carbonyl (C=O) groups is 2. The second kappa shape index (κ2) is 11.7. The Labute approximate surface area is 238 Å². The number of likely N-dealkylation sites (tertiary alicyclic amines) is 1. The van der Waals surface area contributed by atoms with Gasteiger partial charge >= 0.3 is 0 Å². The van der Waals surface area contributed by atoms with E-state index < -0.39 is 22.6 Å². The van der Waals surface area contributed by atoms with E-state index in [-0.39, 0.29) is 17.7 Å². The van der Waals surface area contributed by atoms with Gasteiger partial charge in [0.15, 0.2) is 11.6 Å². The van der Waals surface area contributed by atoms with Gasteiger partial charge in [-0.3, -0.25) is 9.59 Å². The first-order valence-electron chi connectivity index (χ1n) is 13.8. The Morgan fingerprint density at radius 3 is 2.33 bits per heavy atom. The second-order valence-electron chi connectivity index (χ2n) is 11.0. The van der Waals surface area contributed by atoms with Crippen molar-refractivity contribution in [1.82, 2.24) is 15.5 Å². The van der Waals surface area contributed by atoms with Gasteiger partial charge < -0.3 is 15.5 Å². The number of carbonyl (C=O) groups excluding carboxylic acids is 2. The number of hydrogen-bond acceptors (Lipinski definition) is 3. The minimum absolute atomic E-state index is 0.0392. The van der Waals surface area contributed by atoms with E-state index in [2.05, 4.69) is 15.5 Å². The normalized spacial score (nSPS) is 21.9. The summed E-state index contributed by atoms with van der Waals surface area (Å²) in [6.07, 6.45) is 2.61. The summed E-state index contributed by atoms with van der Waals surface area (Å²) in [6.45, 7) is 4.08. The number of amides is 2. The average Bonchev–Trinajstić information content (AvgIpc) is 3.67. The van der Waals surface area contributed by atoms with Crippen molar-refractivity contribution in [3.8, 4) is 0 Å². The highest BCUT2D eigenvalue weighted by Crippen LogP contribution is 2.55. The van der Waals surface area contributed by atoms with E-state index in [1.807, 2.05) is 54.6 Å². The molecular weight excluding hydrogens is 532 g/mol. The quantitative estimate of drug-likeness (QED) is 0.367. The van der Waals surface area contributed by atoms with Crippen LogP contribution < -0.4 is 10.6 Å². The third kappa shape index (κ3) is 5.77. The number of halogens is 3. The maximum Gasteiger partial charge on any atom is 0.231 e. The third-order valence-electron chi connectivity index (χ3n) is 8.51. The van der Waals surface area contributed by atoms with Crippen molar-refractivity contribution in [1.29, 1.82) is 0 Å². The van der Waals surface area contributed by atoms with Crippen LogP contribution in [0.1, 0.15) is 42.9 Å². The van der Waals surface area contributed by atoms with E-state index in [4.69, 9.17) is 11.6 Å². The molecule has 40 heavy (non-hydrogen) atoms. The Morgan fingerprint density at radius 2 is 1.65 bits per heavy atom. The molecule has 1 aliphatic carbocycles. The highest BCUT2D eigenvalue weighted by atomic mass is 35.5. The predicted octanol–water partition coefficient (Wildman–Crippen LogP) is 5.36. The average molecular weight is 566 g/mol. The Kier molecular flexibility index (Phi) is 8.24. The lowest BCUT2D eigenvalue weighted by atomic mass is 9.80. The molecule has 5 nitrogen and oxygen atoms in total. The summed E-state index contributed by atoms with van der Waals surface area (Å²) in [5.41, 5.74) is 1.18. The van der Waals surface area contributed by atoms with Crippen molar-refractivity contribution < 1.29 is 18.4 Å². The van der Waals surface area contributed by atoms with Gasteiger partial charge in [0.1, 0.15) is 0 Å². The fraction of sp³-hybridized carbons (Fsp3) is 0.375. The molecule has 2 fully saturated rings. The van der Waals surface area contributed by atoms with Crippen LogP contribution in [0, 0.1) is 17.6 Å². The summed E-state index contributed by atoms with van der Waals surface area (Å²) in [6, 6.07) is 21.3. The van der Waals surface area contributed by atoms with Crippen LogP contribution in [0.4, 0.5) is 8.78 Å². The molecule has 8 heteroatoms. The molecule has 2 N–H and O–H groups in total. The van der Waals surface area contributed by atoms with Gasteiger partial charge in [0.2, 0.25) is 11.8 Å². The SMILES string of the molecule is CC(=O)NC1(c2ccccc2)CCN(CC2CC2(C(=O)NCCc2ccccc2Cl)c2ccc(F)c(F)c2)CC1. The fourth-order valence-electron chi connectivity index (χ4n) is 6.27. The van der Waals surface area contributed by atoms with Crippen LogP contribution in [0.5, 0.6) is 0 Å². The number of piperidine rings is 1. The summed E-state index contributed by atoms with van der Waals surface area (Å²) in [5, 5.41) is 6.88. The Hall–Kier alpha value is -3.29. The molecule has 5 rings (SSSR count). The number of nitrogens with zero attached hydrogens (tertiary/aromatic N) is 1. The molecule has 2 aliphatic rings. The number of rotatable bonds is 9. The first kappa shape index (κ1) is 28.2. The molecule has 1 saturated heterocycles. The molecule has 1 aliphatic heterocycles. The molecule has 3 aromatic rings. The molecular formula is C32H34ClF2N3O2. The Balaban J connectivity index is 1.29. The van der Waals surface area contributed by atoms with Crippen LogP contribution in [0.3, 0.4) is 0 Å². The lowest BCUT2D eigenvalue weighted by molar-refractivity contribution is -0.124. The van der Waals surface area contributed by atoms with Gasteiger partial charge in [-0.1, -0.05) is 66.2 Å². The standard InChI is InChI=1S/C32H34ClF2N3O2/c1-22(39)37-31(24-8-3-2-4-9-24)14-17-38(18-15-31)21-26-20-32(26,25-11-12-28(34)29(35)19-25)30(40)36-16-13-23-7-5-6-10-27(23)33/h2-12,19,26H,13-18,20-21H2,1H3,(H,36,40)(H,37,39). The zero-order chi connectivity index (χ0) is 28.3. The minimum Gasteiger partial charge on any atom is -0.355 e. The van der Waals surface area contributed by atoms with E-state index in [0.29, 0.717) is 36.5 Å². The van der Waals surface area contributed by atoms with Gasteiger partial charge in [-0.2, -0.15) is 0 Å². The van der Waals surface area contributed by atoms with E-state index in [1.54, 1.807) is 6.92 Å². The summed E-state index contributed by atoms with van der Waals surface area (Å²) in [5.74, 6) is -2.16. The monoisotopic (exact) mass is 565 g/mol. The van der Waals surface area contributed by atoms with Gasteiger partial charge in [-0.05, 0) is 66.5 Å². The van der Waals surface area contributed by atoms with Crippen LogP contribution in [0.25, 0.3) is 0 Å². The first-order valence-corrected chi connectivity index (χ1v) is 14.2. The topological polar surface area (TPSA) is 61.4 Å². The molecule has 2 amide bonds. The van der Waals surface area contributed by atoms with Gasteiger partial charge in [-0.25, -0.2) is 8.78 Å². The van der Waals surface area contributed by atoms with Crippen LogP contribution >= 0.6 is 11.6 Å². The van der Waals surface area contributed by atoms with E-state index >= 15 is 0 Å². The van der Waals surface area contributed by atoms with E-state index in [0.717, 1.165) is 49.2 Å². The Bertz CT molecular complexity index is 1380. The van der Waals surface area contributed by atoms with Gasteiger partial charge in [-0.15, -0.1) is 0 Å². The lowest BCUT2D eigenvalue weighted by Gasteiger charge is -2.43. The Morgan fingerprint density at radius 1 is 0.950 bits per heavy atom. The van der Waals surface area contributed by atoms with Crippen molar-refractivity contribution in [2.24, 2.45) is 5.92 Å². The first-order chi connectivity index (χ1) is 19.2. The maximum atomic E-state index is 14.3. The molecule has 0 bridgehead atoms. The predicted molar refractivity (Wildman–Crippen MR) is 152 cm³/mol. The molecule has 0 aromatic heterocycles. The highest BCUT2D eigenvalue weighted by molar-refractivity contribution is 6.31. The summed E-state index contributed by atoms with van der Waals surface area (Å²) in [7, 11) is 0. The van der Waals surface area contributed by atoms with Crippen molar-refractivity contribution >= 4 is 23.4 Å². The van der Waals surface area contributed by atoms with Crippen molar-refractivity contribution in [2.45, 2.75) is 43.6 Å². The zero-order valence-electron chi connectivity index (χ0n) is 22.6. The number of hydrogen-bond donors (Lipinski definition) is 2. The highest BCUT2D eigenvalue weighted by Gasteiger charge is 2.61. The second-order valence-corrected chi connectivity index (χ2v) is 11.4. The number of benzene rings is 3. The van der Waals surface area contributed by atoms with Crippen molar-refractivity contribution in [3.63, 3.8) is 0 Å². The largest absolute Gasteiger partial charge is 0.355 e. The number of nitrogens with one attached hydrogen (secondary N) is 2. The summed E-state index contributed by atoms with van der Waals surface area (Å²) < 4.78 is 28.1. The van der Waals surface area contributed by atoms with Crippen LogP contribution in [-0.4, -0.2) is 42.9 Å². The van der Waals surface area contributed by atoms with Gasteiger partial charge in [0.25, 0.3) is 0 Å². The van der Waals surface area contributed by atoms with E-state index in [9.17, 15) is 18.4 Å². The summed E-state index contributed by atoms with van der Waals surface area (Å²) in [4.78, 5) is 28.0.